The molecule has 1 atom stereocenters. The topological polar surface area (TPSA) is 60.0 Å². The molecule has 2 fully saturated rings. The first-order valence-corrected chi connectivity index (χ1v) is 8.90. The molecule has 2 N–H and O–H groups in total. The smallest absolute Gasteiger partial charge is 0.243 e. The molecule has 1 unspecified atom stereocenters. The lowest BCUT2D eigenvalue weighted by Crippen LogP contribution is -2.46. The van der Waals surface area contributed by atoms with Crippen LogP contribution in [-0.2, 0) is 4.79 Å². The Balaban J connectivity index is 1.62. The van der Waals surface area contributed by atoms with Crippen LogP contribution in [-0.4, -0.2) is 62.6 Å². The van der Waals surface area contributed by atoms with Crippen LogP contribution in [0.2, 0.25) is 0 Å². The molecule has 1 aliphatic heterocycles. The number of nitrogens with zero attached hydrogens (tertiary/aromatic N) is 3. The molecule has 0 bridgehead atoms. The van der Waals surface area contributed by atoms with Gasteiger partial charge in [-0.2, -0.15) is 0 Å². The second-order valence-corrected chi connectivity index (χ2v) is 7.02. The minimum atomic E-state index is -0.549. The number of para-hydroxylation sites is 1. The Morgan fingerprint density at radius 2 is 1.85 bits per heavy atom. The number of benzene rings is 1. The zero-order chi connectivity index (χ0) is 18.7. The number of carbonyl (C=O) groups excluding carboxylic acids is 1. The summed E-state index contributed by atoms with van der Waals surface area (Å²) in [6.45, 7) is 1.10. The van der Waals surface area contributed by atoms with Crippen LogP contribution >= 0.6 is 0 Å². The molecule has 1 heterocycles. The zero-order valence-electron chi connectivity index (χ0n) is 15.1. The van der Waals surface area contributed by atoms with Crippen LogP contribution in [0, 0.1) is 11.6 Å². The highest BCUT2D eigenvalue weighted by molar-refractivity contribution is 5.85. The number of halogens is 2. The number of guanidine groups is 1. The van der Waals surface area contributed by atoms with E-state index in [1.807, 2.05) is 0 Å². The second-order valence-electron chi connectivity index (χ2n) is 7.02. The first-order chi connectivity index (χ1) is 12.4. The van der Waals surface area contributed by atoms with Crippen molar-refractivity contribution < 1.29 is 13.6 Å². The molecule has 2 aliphatic rings. The van der Waals surface area contributed by atoms with Gasteiger partial charge >= 0.3 is 0 Å². The molecule has 1 aromatic carbocycles. The minimum absolute atomic E-state index is 0.00784. The van der Waals surface area contributed by atoms with Gasteiger partial charge in [0.2, 0.25) is 5.91 Å². The highest BCUT2D eigenvalue weighted by Gasteiger charge is 2.29. The summed E-state index contributed by atoms with van der Waals surface area (Å²) in [7, 11) is 3.38. The Morgan fingerprint density at radius 1 is 1.19 bits per heavy atom. The predicted molar refractivity (Wildman–Crippen MR) is 97.3 cm³/mol. The van der Waals surface area contributed by atoms with Crippen molar-refractivity contribution in [3.8, 4) is 0 Å². The molecule has 142 valence electrons. The van der Waals surface area contributed by atoms with E-state index in [2.05, 4.69) is 15.6 Å². The second kappa shape index (κ2) is 7.88. The number of rotatable bonds is 5. The van der Waals surface area contributed by atoms with E-state index < -0.39 is 11.6 Å². The maximum Gasteiger partial charge on any atom is 0.243 e. The Morgan fingerprint density at radius 3 is 2.46 bits per heavy atom. The van der Waals surface area contributed by atoms with Gasteiger partial charge in [0.05, 0.1) is 0 Å². The van der Waals surface area contributed by atoms with E-state index >= 15 is 0 Å². The maximum atomic E-state index is 14.0. The number of amides is 1. The van der Waals surface area contributed by atoms with E-state index in [0.717, 1.165) is 19.3 Å². The van der Waals surface area contributed by atoms with E-state index in [1.54, 1.807) is 19.0 Å². The van der Waals surface area contributed by atoms with Crippen LogP contribution in [0.5, 0.6) is 0 Å². The third-order valence-electron chi connectivity index (χ3n) is 4.57. The summed E-state index contributed by atoms with van der Waals surface area (Å²) in [4.78, 5) is 19.3. The van der Waals surface area contributed by atoms with Crippen molar-refractivity contribution in [2.45, 2.75) is 31.3 Å². The molecular weight excluding hydrogens is 340 g/mol. The molecule has 1 aromatic rings. The third-order valence-corrected chi connectivity index (χ3v) is 4.57. The van der Waals surface area contributed by atoms with Crippen molar-refractivity contribution in [1.82, 2.24) is 15.5 Å². The van der Waals surface area contributed by atoms with Gasteiger partial charge in [-0.3, -0.25) is 4.79 Å². The fraction of sp³-hybridized carbons (Fsp3) is 0.556. The Bertz CT molecular complexity index is 670. The van der Waals surface area contributed by atoms with E-state index in [4.69, 9.17) is 0 Å². The quantitative estimate of drug-likeness (QED) is 0.611. The predicted octanol–water partition coefficient (Wildman–Crippen LogP) is 1.33. The van der Waals surface area contributed by atoms with Crippen molar-refractivity contribution >= 4 is 17.6 Å². The van der Waals surface area contributed by atoms with Gasteiger partial charge in [0.15, 0.2) is 5.96 Å². The van der Waals surface area contributed by atoms with E-state index in [-0.39, 0.29) is 24.2 Å². The molecule has 1 saturated heterocycles. The average Bonchev–Trinajstić information content (AvgIpc) is 3.29. The van der Waals surface area contributed by atoms with Crippen LogP contribution in [0.3, 0.4) is 0 Å². The van der Waals surface area contributed by atoms with Crippen LogP contribution in [0.25, 0.3) is 0 Å². The number of likely N-dealkylation sites (N-methyl/N-ethyl adjacent to an activating group) is 1. The number of aliphatic imine (C=N–C) groups is 1. The molecular formula is C18H25F2N5O. The molecule has 1 saturated carbocycles. The molecule has 1 amide bonds. The van der Waals surface area contributed by atoms with Crippen LogP contribution in [0.4, 0.5) is 14.5 Å². The number of hydrogen-bond donors (Lipinski definition) is 2. The molecule has 3 rings (SSSR count). The normalized spacial score (nSPS) is 20.2. The monoisotopic (exact) mass is 365 g/mol. The highest BCUT2D eigenvalue weighted by Crippen LogP contribution is 2.26. The zero-order valence-corrected chi connectivity index (χ0v) is 15.1. The summed E-state index contributed by atoms with van der Waals surface area (Å²) in [5.41, 5.74) is 0.0215. The molecule has 6 nitrogen and oxygen atoms in total. The fourth-order valence-electron chi connectivity index (χ4n) is 2.91. The lowest BCUT2D eigenvalue weighted by molar-refractivity contribution is -0.127. The van der Waals surface area contributed by atoms with Crippen molar-refractivity contribution in [2.24, 2.45) is 4.99 Å². The highest BCUT2D eigenvalue weighted by atomic mass is 19.1. The van der Waals surface area contributed by atoms with Crippen molar-refractivity contribution in [3.05, 3.63) is 29.8 Å². The summed E-state index contributed by atoms with van der Waals surface area (Å²) >= 11 is 0. The summed E-state index contributed by atoms with van der Waals surface area (Å²) < 4.78 is 28.0. The number of nitrogens with one attached hydrogen (secondary N) is 2. The van der Waals surface area contributed by atoms with Crippen LogP contribution in [0.1, 0.15) is 19.3 Å². The minimum Gasteiger partial charge on any atom is -0.365 e. The van der Waals surface area contributed by atoms with Crippen molar-refractivity contribution in [1.29, 1.82) is 0 Å². The summed E-state index contributed by atoms with van der Waals surface area (Å²) in [6.07, 6.45) is 2.90. The third kappa shape index (κ3) is 4.62. The Hall–Kier alpha value is -2.38. The van der Waals surface area contributed by atoms with Gasteiger partial charge in [-0.05, 0) is 31.4 Å². The Labute approximate surface area is 152 Å². The van der Waals surface area contributed by atoms with E-state index in [1.165, 1.54) is 23.1 Å². The summed E-state index contributed by atoms with van der Waals surface area (Å²) in [5, 5.41) is 6.59. The number of carbonyl (C=O) groups is 1. The lowest BCUT2D eigenvalue weighted by Gasteiger charge is -2.21. The molecule has 1 aliphatic carbocycles. The van der Waals surface area contributed by atoms with Gasteiger partial charge in [0, 0.05) is 39.3 Å². The molecule has 0 spiro atoms. The number of anilines is 1. The van der Waals surface area contributed by atoms with Gasteiger partial charge in [-0.15, -0.1) is 0 Å². The largest absolute Gasteiger partial charge is 0.365 e. The van der Waals surface area contributed by atoms with Gasteiger partial charge in [0.1, 0.15) is 23.9 Å². The van der Waals surface area contributed by atoms with Gasteiger partial charge in [-0.25, -0.2) is 13.8 Å². The lowest BCUT2D eigenvalue weighted by atomic mass is 10.2. The van der Waals surface area contributed by atoms with E-state index in [9.17, 15) is 13.6 Å². The summed E-state index contributed by atoms with van der Waals surface area (Å²) in [6, 6.07) is 4.30. The first-order valence-electron chi connectivity index (χ1n) is 8.90. The van der Waals surface area contributed by atoms with Crippen LogP contribution < -0.4 is 15.5 Å². The molecule has 0 radical (unpaired) electrons. The Kier molecular flexibility index (Phi) is 5.58. The SMILES string of the molecule is CN(C)C(=O)CN=C(NC1CC1)NC1CCN(c2c(F)cccc2F)C1. The van der Waals surface area contributed by atoms with Gasteiger partial charge in [0.25, 0.3) is 0 Å². The average molecular weight is 365 g/mol. The standard InChI is InChI=1S/C18H25F2N5O/c1-24(2)16(26)10-21-18(22-12-6-7-12)23-13-8-9-25(11-13)17-14(19)4-3-5-15(17)20/h3-5,12-13H,6-11H2,1-2H3,(H2,21,22,23). The molecule has 8 heteroatoms. The first kappa shape index (κ1) is 18.4. The van der Waals surface area contributed by atoms with Crippen molar-refractivity contribution in [2.75, 3.05) is 38.6 Å². The number of hydrogen-bond acceptors (Lipinski definition) is 3. The molecule has 0 aromatic heterocycles. The maximum absolute atomic E-state index is 14.0. The molecule has 26 heavy (non-hydrogen) atoms. The van der Waals surface area contributed by atoms with Crippen molar-refractivity contribution in [3.63, 3.8) is 0 Å². The summed E-state index contributed by atoms with van der Waals surface area (Å²) in [5.74, 6) is -0.591. The van der Waals surface area contributed by atoms with Crippen LogP contribution in [0.15, 0.2) is 23.2 Å². The van der Waals surface area contributed by atoms with Gasteiger partial charge < -0.3 is 20.4 Å². The fourth-order valence-corrected chi connectivity index (χ4v) is 2.91. The van der Waals surface area contributed by atoms with Gasteiger partial charge in [-0.1, -0.05) is 6.07 Å². The van der Waals surface area contributed by atoms with E-state index in [0.29, 0.717) is 25.1 Å².